The van der Waals surface area contributed by atoms with Crippen LogP contribution in [0.3, 0.4) is 0 Å². The summed E-state index contributed by atoms with van der Waals surface area (Å²) in [6.07, 6.45) is 0. The van der Waals surface area contributed by atoms with E-state index in [1.807, 2.05) is 50.5 Å². The van der Waals surface area contributed by atoms with Crippen LogP contribution in [0.1, 0.15) is 36.8 Å². The van der Waals surface area contributed by atoms with Gasteiger partial charge in [-0.05, 0) is 51.0 Å². The van der Waals surface area contributed by atoms with Crippen LogP contribution in [0.2, 0.25) is 0 Å². The van der Waals surface area contributed by atoms with E-state index in [1.165, 1.54) is 11.8 Å². The van der Waals surface area contributed by atoms with Crippen molar-refractivity contribution in [2.24, 2.45) is 0 Å². The van der Waals surface area contributed by atoms with E-state index in [-0.39, 0.29) is 24.1 Å². The molecule has 6 nitrogen and oxygen atoms in total. The van der Waals surface area contributed by atoms with Crippen LogP contribution >= 0.6 is 11.8 Å². The summed E-state index contributed by atoms with van der Waals surface area (Å²) >= 11 is 1.17. The van der Waals surface area contributed by atoms with Crippen LogP contribution in [0.4, 0.5) is 14.5 Å². The van der Waals surface area contributed by atoms with Crippen LogP contribution < -0.4 is 10.1 Å². The van der Waals surface area contributed by atoms with E-state index in [9.17, 15) is 13.6 Å². The molecule has 0 fully saturated rings. The Kier molecular flexibility index (Phi) is 7.27. The lowest BCUT2D eigenvalue weighted by molar-refractivity contribution is -0.113. The summed E-state index contributed by atoms with van der Waals surface area (Å²) in [5, 5.41) is 11.3. The zero-order valence-corrected chi connectivity index (χ0v) is 18.6. The summed E-state index contributed by atoms with van der Waals surface area (Å²) in [5.74, 6) is -0.378. The van der Waals surface area contributed by atoms with Crippen molar-refractivity contribution in [1.29, 1.82) is 0 Å². The van der Waals surface area contributed by atoms with Crippen molar-refractivity contribution >= 4 is 23.4 Å². The third-order valence-corrected chi connectivity index (χ3v) is 5.48. The predicted molar refractivity (Wildman–Crippen MR) is 116 cm³/mol. The van der Waals surface area contributed by atoms with Crippen LogP contribution in [0.15, 0.2) is 41.6 Å². The van der Waals surface area contributed by atoms with Crippen molar-refractivity contribution in [3.05, 3.63) is 65.0 Å². The Morgan fingerprint density at radius 3 is 2.55 bits per heavy atom. The number of ether oxygens (including phenoxy) is 1. The number of halogens is 2. The Labute approximate surface area is 184 Å². The van der Waals surface area contributed by atoms with Gasteiger partial charge in [-0.25, -0.2) is 8.78 Å². The van der Waals surface area contributed by atoms with Crippen LogP contribution in [-0.2, 0) is 11.4 Å². The fraction of sp³-hybridized carbons (Fsp3) is 0.318. The number of carbonyl (C=O) groups excluding carboxylic acids is 1. The van der Waals surface area contributed by atoms with Gasteiger partial charge in [0, 0.05) is 12.1 Å². The molecule has 164 valence electrons. The van der Waals surface area contributed by atoms with E-state index in [4.69, 9.17) is 4.74 Å². The van der Waals surface area contributed by atoms with Crippen molar-refractivity contribution in [3.8, 4) is 5.75 Å². The molecule has 3 rings (SSSR count). The van der Waals surface area contributed by atoms with E-state index in [2.05, 4.69) is 15.5 Å². The number of nitrogens with one attached hydrogen (secondary N) is 1. The molecule has 0 aliphatic carbocycles. The smallest absolute Gasteiger partial charge is 0.234 e. The number of hydrogen-bond donors (Lipinski definition) is 1. The van der Waals surface area contributed by atoms with Gasteiger partial charge in [0.25, 0.3) is 0 Å². The predicted octanol–water partition coefficient (Wildman–Crippen LogP) is 5.06. The zero-order chi connectivity index (χ0) is 22.5. The maximum absolute atomic E-state index is 13.7. The molecule has 0 radical (unpaired) electrons. The highest BCUT2D eigenvalue weighted by Gasteiger charge is 2.18. The van der Waals surface area contributed by atoms with Crippen molar-refractivity contribution in [1.82, 2.24) is 14.8 Å². The molecule has 1 heterocycles. The maximum Gasteiger partial charge on any atom is 0.234 e. The van der Waals surface area contributed by atoms with E-state index in [1.54, 1.807) is 0 Å². The Balaban J connectivity index is 1.67. The average Bonchev–Trinajstić information content (AvgIpc) is 3.12. The molecular weight excluding hydrogens is 422 g/mol. The van der Waals surface area contributed by atoms with Crippen molar-refractivity contribution in [2.45, 2.75) is 45.5 Å². The van der Waals surface area contributed by atoms with Crippen LogP contribution in [0.5, 0.6) is 5.75 Å². The van der Waals surface area contributed by atoms with E-state index in [0.717, 1.165) is 35.1 Å². The minimum absolute atomic E-state index is 0.0292. The van der Waals surface area contributed by atoms with Gasteiger partial charge in [0.05, 0.1) is 11.4 Å². The van der Waals surface area contributed by atoms with Gasteiger partial charge in [-0.3, -0.25) is 4.79 Å². The quantitative estimate of drug-likeness (QED) is 0.490. The lowest BCUT2D eigenvalue weighted by atomic mass is 10.1. The summed E-state index contributed by atoms with van der Waals surface area (Å²) in [5.41, 5.74) is 1.87. The van der Waals surface area contributed by atoms with Gasteiger partial charge in [0.2, 0.25) is 5.91 Å². The molecule has 0 aliphatic rings. The maximum atomic E-state index is 13.7. The van der Waals surface area contributed by atoms with Gasteiger partial charge in [0.15, 0.2) is 11.0 Å². The highest BCUT2D eigenvalue weighted by atomic mass is 32.2. The summed E-state index contributed by atoms with van der Waals surface area (Å²) in [6, 6.07) is 8.88. The highest BCUT2D eigenvalue weighted by molar-refractivity contribution is 7.99. The first-order chi connectivity index (χ1) is 14.8. The number of amides is 1. The molecule has 9 heteroatoms. The zero-order valence-electron chi connectivity index (χ0n) is 17.8. The minimum Gasteiger partial charge on any atom is -0.485 e. The summed E-state index contributed by atoms with van der Waals surface area (Å²) in [6.45, 7) is 8.17. The molecule has 0 saturated heterocycles. The van der Waals surface area contributed by atoms with Crippen LogP contribution in [0.25, 0.3) is 0 Å². The first kappa shape index (κ1) is 22.7. The number of anilines is 1. The molecule has 1 aromatic heterocycles. The SMILES string of the molecule is Cc1cccc(C)c1OCc1nnc(SCC(=O)Nc2cc(F)ccc2F)n1C(C)C. The van der Waals surface area contributed by atoms with E-state index in [0.29, 0.717) is 11.0 Å². The van der Waals surface area contributed by atoms with Gasteiger partial charge in [0.1, 0.15) is 24.0 Å². The first-order valence-electron chi connectivity index (χ1n) is 9.76. The lowest BCUT2D eigenvalue weighted by Crippen LogP contribution is -2.16. The second-order valence-electron chi connectivity index (χ2n) is 7.33. The molecule has 0 aliphatic heterocycles. The normalized spacial score (nSPS) is 11.1. The standard InChI is InChI=1S/C22H24F2N4O2S/c1-13(2)28-19(11-30-21-14(3)6-5-7-15(21)4)26-27-22(28)31-12-20(29)25-18-10-16(23)8-9-17(18)24/h5-10,13H,11-12H2,1-4H3,(H,25,29). The first-order valence-corrected chi connectivity index (χ1v) is 10.7. The number of benzene rings is 2. The molecule has 0 atom stereocenters. The fourth-order valence-electron chi connectivity index (χ4n) is 3.10. The Morgan fingerprint density at radius 1 is 1.16 bits per heavy atom. The Morgan fingerprint density at radius 2 is 1.87 bits per heavy atom. The molecule has 0 spiro atoms. The van der Waals surface area contributed by atoms with Crippen molar-refractivity contribution in [3.63, 3.8) is 0 Å². The average molecular weight is 447 g/mol. The third-order valence-electron chi connectivity index (χ3n) is 4.54. The van der Waals surface area contributed by atoms with E-state index >= 15 is 0 Å². The molecule has 1 N–H and O–H groups in total. The monoisotopic (exact) mass is 446 g/mol. The number of hydrogen-bond acceptors (Lipinski definition) is 5. The molecule has 0 bridgehead atoms. The number of para-hydroxylation sites is 1. The summed E-state index contributed by atoms with van der Waals surface area (Å²) in [4.78, 5) is 12.2. The molecule has 0 unspecified atom stereocenters. The summed E-state index contributed by atoms with van der Waals surface area (Å²) in [7, 11) is 0. The molecule has 31 heavy (non-hydrogen) atoms. The molecule has 3 aromatic rings. The molecule has 2 aromatic carbocycles. The van der Waals surface area contributed by atoms with Gasteiger partial charge >= 0.3 is 0 Å². The van der Waals surface area contributed by atoms with Gasteiger partial charge < -0.3 is 14.6 Å². The number of thioether (sulfide) groups is 1. The van der Waals surface area contributed by atoms with Gasteiger partial charge in [-0.1, -0.05) is 30.0 Å². The lowest BCUT2D eigenvalue weighted by Gasteiger charge is -2.15. The van der Waals surface area contributed by atoms with Gasteiger partial charge in [-0.15, -0.1) is 10.2 Å². The largest absolute Gasteiger partial charge is 0.485 e. The number of aryl methyl sites for hydroxylation is 2. The van der Waals surface area contributed by atoms with Crippen LogP contribution in [0, 0.1) is 25.5 Å². The van der Waals surface area contributed by atoms with Gasteiger partial charge in [-0.2, -0.15) is 0 Å². The number of aromatic nitrogens is 3. The van der Waals surface area contributed by atoms with Crippen LogP contribution in [-0.4, -0.2) is 26.4 Å². The number of nitrogens with zero attached hydrogens (tertiary/aromatic N) is 3. The second kappa shape index (κ2) is 9.91. The Hall–Kier alpha value is -2.94. The minimum atomic E-state index is -0.698. The molecule has 1 amide bonds. The Bertz CT molecular complexity index is 1070. The molecule has 0 saturated carbocycles. The number of carbonyl (C=O) groups is 1. The van der Waals surface area contributed by atoms with Crippen molar-refractivity contribution in [2.75, 3.05) is 11.1 Å². The number of rotatable bonds is 8. The summed E-state index contributed by atoms with van der Waals surface area (Å²) < 4.78 is 34.9. The molecular formula is C22H24F2N4O2S. The second-order valence-corrected chi connectivity index (χ2v) is 8.28. The third kappa shape index (κ3) is 5.61. The van der Waals surface area contributed by atoms with E-state index < -0.39 is 17.5 Å². The van der Waals surface area contributed by atoms with Crippen molar-refractivity contribution < 1.29 is 18.3 Å². The fourth-order valence-corrected chi connectivity index (χ4v) is 3.98. The highest BCUT2D eigenvalue weighted by Crippen LogP contribution is 2.26. The topological polar surface area (TPSA) is 69.0 Å².